The van der Waals surface area contributed by atoms with Crippen molar-refractivity contribution in [1.29, 1.82) is 0 Å². The first-order valence-electron chi connectivity index (χ1n) is 7.50. The van der Waals surface area contributed by atoms with Gasteiger partial charge in [0.15, 0.2) is 0 Å². The lowest BCUT2D eigenvalue weighted by atomic mass is 10.2. The van der Waals surface area contributed by atoms with Gasteiger partial charge in [-0.1, -0.05) is 30.3 Å². The van der Waals surface area contributed by atoms with Crippen molar-refractivity contribution in [1.82, 2.24) is 10.4 Å². The Balaban J connectivity index is 2.57. The number of amides is 2. The van der Waals surface area contributed by atoms with E-state index in [1.54, 1.807) is 13.0 Å². The van der Waals surface area contributed by atoms with Crippen molar-refractivity contribution in [3.8, 4) is 0 Å². The van der Waals surface area contributed by atoms with Crippen LogP contribution in [-0.2, 0) is 23.9 Å². The summed E-state index contributed by atoms with van der Waals surface area (Å²) in [5, 5.41) is 0.889. The van der Waals surface area contributed by atoms with Crippen LogP contribution in [-0.4, -0.2) is 42.2 Å². The number of aldehydes is 1. The molecular formula is C17H20N2O5. The molecule has 0 bridgehead atoms. The summed E-state index contributed by atoms with van der Waals surface area (Å²) in [7, 11) is 0. The van der Waals surface area contributed by atoms with E-state index in [2.05, 4.69) is 5.43 Å². The Kier molecular flexibility index (Phi) is 8.52. The second-order valence-corrected chi connectivity index (χ2v) is 4.70. The Labute approximate surface area is 140 Å². The van der Waals surface area contributed by atoms with Crippen molar-refractivity contribution in [3.63, 3.8) is 0 Å². The van der Waals surface area contributed by atoms with E-state index in [0.717, 1.165) is 10.6 Å². The van der Waals surface area contributed by atoms with Crippen LogP contribution in [0.4, 0.5) is 0 Å². The van der Waals surface area contributed by atoms with Gasteiger partial charge in [-0.05, 0) is 18.6 Å². The smallest absolute Gasteiger partial charge is 0.306 e. The first-order chi connectivity index (χ1) is 11.6. The maximum atomic E-state index is 12.1. The zero-order chi connectivity index (χ0) is 17.8. The van der Waals surface area contributed by atoms with Gasteiger partial charge in [0.05, 0.1) is 19.6 Å². The molecule has 0 heterocycles. The molecule has 2 amide bonds. The van der Waals surface area contributed by atoms with Crippen LogP contribution in [0.15, 0.2) is 36.4 Å². The monoisotopic (exact) mass is 332 g/mol. The lowest BCUT2D eigenvalue weighted by molar-refractivity contribution is -0.145. The molecule has 7 nitrogen and oxygen atoms in total. The number of nitrogens with zero attached hydrogens (tertiary/aromatic N) is 1. The highest BCUT2D eigenvalue weighted by atomic mass is 16.5. The van der Waals surface area contributed by atoms with Gasteiger partial charge in [-0.15, -0.1) is 0 Å². The van der Waals surface area contributed by atoms with Gasteiger partial charge in [0.1, 0.15) is 6.29 Å². The van der Waals surface area contributed by atoms with E-state index in [0.29, 0.717) is 6.29 Å². The van der Waals surface area contributed by atoms with E-state index in [1.165, 1.54) is 6.08 Å². The highest BCUT2D eigenvalue weighted by molar-refractivity contribution is 5.94. The van der Waals surface area contributed by atoms with Gasteiger partial charge in [0, 0.05) is 12.5 Å². The molecule has 0 radical (unpaired) electrons. The number of hydrogen-bond acceptors (Lipinski definition) is 5. The Hall–Kier alpha value is -2.96. The first-order valence-corrected chi connectivity index (χ1v) is 7.50. The predicted octanol–water partition coefficient (Wildman–Crippen LogP) is 1.10. The fourth-order valence-corrected chi connectivity index (χ4v) is 1.74. The van der Waals surface area contributed by atoms with Crippen LogP contribution >= 0.6 is 0 Å². The Morgan fingerprint density at radius 3 is 2.50 bits per heavy atom. The van der Waals surface area contributed by atoms with Crippen LogP contribution in [0.1, 0.15) is 25.3 Å². The van der Waals surface area contributed by atoms with Gasteiger partial charge in [0.2, 0.25) is 5.91 Å². The number of ether oxygens (including phenoxy) is 1. The average Bonchev–Trinajstić information content (AvgIpc) is 2.58. The molecule has 0 atom stereocenters. The Morgan fingerprint density at radius 2 is 1.88 bits per heavy atom. The van der Waals surface area contributed by atoms with Crippen LogP contribution < -0.4 is 5.43 Å². The SMILES string of the molecule is CCOC(=O)CCC(=O)NN(CC=O)C(=O)C=Cc1ccccc1. The van der Waals surface area contributed by atoms with E-state index < -0.39 is 17.8 Å². The number of nitrogens with one attached hydrogen (secondary N) is 1. The van der Waals surface area contributed by atoms with Gasteiger partial charge in [-0.25, -0.2) is 5.01 Å². The van der Waals surface area contributed by atoms with Crippen molar-refractivity contribution in [2.24, 2.45) is 0 Å². The number of benzene rings is 1. The standard InChI is InChI=1S/C17H20N2O5/c1-2-24-17(23)11-9-15(21)18-19(12-13-20)16(22)10-8-14-6-4-3-5-7-14/h3-8,10,13H,2,9,11-12H2,1H3,(H,18,21). The van der Waals surface area contributed by atoms with Crippen molar-refractivity contribution < 1.29 is 23.9 Å². The molecule has 1 aromatic carbocycles. The van der Waals surface area contributed by atoms with Gasteiger partial charge >= 0.3 is 5.97 Å². The van der Waals surface area contributed by atoms with E-state index >= 15 is 0 Å². The summed E-state index contributed by atoms with van der Waals surface area (Å²) in [4.78, 5) is 45.7. The molecule has 1 aromatic rings. The molecule has 7 heteroatoms. The van der Waals surface area contributed by atoms with Crippen molar-refractivity contribution in [2.75, 3.05) is 13.2 Å². The maximum Gasteiger partial charge on any atom is 0.306 e. The number of esters is 1. The molecule has 0 saturated heterocycles. The molecule has 1 rings (SSSR count). The van der Waals surface area contributed by atoms with Gasteiger partial charge in [0.25, 0.3) is 5.91 Å². The maximum absolute atomic E-state index is 12.1. The minimum Gasteiger partial charge on any atom is -0.466 e. The lowest BCUT2D eigenvalue weighted by Gasteiger charge is -2.19. The predicted molar refractivity (Wildman–Crippen MR) is 87.3 cm³/mol. The molecule has 0 unspecified atom stereocenters. The third-order valence-corrected chi connectivity index (χ3v) is 2.86. The average molecular weight is 332 g/mol. The van der Waals surface area contributed by atoms with E-state index in [4.69, 9.17) is 4.74 Å². The highest BCUT2D eigenvalue weighted by Gasteiger charge is 2.14. The number of hydrazine groups is 1. The minimum absolute atomic E-state index is 0.0946. The summed E-state index contributed by atoms with van der Waals surface area (Å²) in [6, 6.07) is 9.12. The van der Waals surface area contributed by atoms with Gasteiger partial charge in [-0.2, -0.15) is 0 Å². The topological polar surface area (TPSA) is 92.8 Å². The van der Waals surface area contributed by atoms with Crippen molar-refractivity contribution in [3.05, 3.63) is 42.0 Å². The van der Waals surface area contributed by atoms with E-state index in [1.807, 2.05) is 30.3 Å². The summed E-state index contributed by atoms with van der Waals surface area (Å²) in [5.74, 6) is -1.59. The zero-order valence-corrected chi connectivity index (χ0v) is 13.4. The minimum atomic E-state index is -0.550. The van der Waals surface area contributed by atoms with Crippen LogP contribution in [0, 0.1) is 0 Å². The van der Waals surface area contributed by atoms with Gasteiger partial charge < -0.3 is 9.53 Å². The lowest BCUT2D eigenvalue weighted by Crippen LogP contribution is -2.46. The molecule has 0 aromatic heterocycles. The third-order valence-electron chi connectivity index (χ3n) is 2.86. The summed E-state index contributed by atoms with van der Waals surface area (Å²) in [5.41, 5.74) is 3.12. The number of hydrogen-bond donors (Lipinski definition) is 1. The largest absolute Gasteiger partial charge is 0.466 e. The van der Waals surface area contributed by atoms with Crippen LogP contribution in [0.3, 0.4) is 0 Å². The van der Waals surface area contributed by atoms with Crippen molar-refractivity contribution >= 4 is 30.1 Å². The Morgan fingerprint density at radius 1 is 1.17 bits per heavy atom. The molecule has 0 fully saturated rings. The van der Waals surface area contributed by atoms with E-state index in [-0.39, 0.29) is 26.0 Å². The van der Waals surface area contributed by atoms with Crippen LogP contribution in [0.25, 0.3) is 6.08 Å². The summed E-state index contributed by atoms with van der Waals surface area (Å²) < 4.78 is 4.71. The summed E-state index contributed by atoms with van der Waals surface area (Å²) in [6.07, 6.45) is 3.10. The number of carbonyl (C=O) groups is 4. The Bertz CT molecular complexity index is 598. The quantitative estimate of drug-likeness (QED) is 0.333. The molecule has 24 heavy (non-hydrogen) atoms. The molecule has 0 aliphatic rings. The fraction of sp³-hybridized carbons (Fsp3) is 0.294. The fourth-order valence-electron chi connectivity index (χ4n) is 1.74. The molecule has 0 aliphatic carbocycles. The van der Waals surface area contributed by atoms with Gasteiger partial charge in [-0.3, -0.25) is 19.8 Å². The molecule has 0 aliphatic heterocycles. The first kappa shape index (κ1) is 19.1. The zero-order valence-electron chi connectivity index (χ0n) is 13.4. The molecule has 128 valence electrons. The normalized spacial score (nSPS) is 10.2. The number of rotatable bonds is 8. The van der Waals surface area contributed by atoms with Crippen LogP contribution in [0.5, 0.6) is 0 Å². The molecule has 0 saturated carbocycles. The molecule has 1 N–H and O–H groups in total. The number of carbonyl (C=O) groups excluding carboxylic acids is 4. The highest BCUT2D eigenvalue weighted by Crippen LogP contribution is 2.02. The second-order valence-electron chi connectivity index (χ2n) is 4.70. The summed E-state index contributed by atoms with van der Waals surface area (Å²) >= 11 is 0. The third kappa shape index (κ3) is 7.35. The second kappa shape index (κ2) is 10.7. The van der Waals surface area contributed by atoms with Crippen LogP contribution in [0.2, 0.25) is 0 Å². The van der Waals surface area contributed by atoms with Crippen molar-refractivity contribution in [2.45, 2.75) is 19.8 Å². The summed E-state index contributed by atoms with van der Waals surface area (Å²) in [6.45, 7) is 1.62. The van der Waals surface area contributed by atoms with E-state index in [9.17, 15) is 19.2 Å². The molecule has 0 spiro atoms. The molecular weight excluding hydrogens is 312 g/mol.